The Kier molecular flexibility index (Phi) is 3.91. The van der Waals surface area contributed by atoms with Crippen molar-refractivity contribution in [3.05, 3.63) is 44.4 Å². The van der Waals surface area contributed by atoms with Crippen LogP contribution in [0, 0.1) is 0 Å². The highest BCUT2D eigenvalue weighted by Crippen LogP contribution is 2.34. The van der Waals surface area contributed by atoms with Crippen molar-refractivity contribution >= 4 is 49.1 Å². The van der Waals surface area contributed by atoms with E-state index < -0.39 is 0 Å². The number of nitrogens with zero attached hydrogens (tertiary/aromatic N) is 1. The molecule has 0 atom stereocenters. The summed E-state index contributed by atoms with van der Waals surface area (Å²) >= 11 is 12.7. The number of hydrogen-bond acceptors (Lipinski definition) is 3. The Hall–Kier alpha value is -0.780. The van der Waals surface area contributed by atoms with E-state index in [1.807, 2.05) is 6.07 Å². The third kappa shape index (κ3) is 3.12. The zero-order valence-corrected chi connectivity index (χ0v) is 12.4. The summed E-state index contributed by atoms with van der Waals surface area (Å²) in [5.74, 6) is 0.955. The molecule has 17 heavy (non-hydrogen) atoms. The number of pyridine rings is 1. The van der Waals surface area contributed by atoms with E-state index in [2.05, 4.69) is 36.8 Å². The molecule has 2 N–H and O–H groups in total. The fourth-order valence-corrected chi connectivity index (χ4v) is 2.34. The monoisotopic (exact) mass is 376 g/mol. The van der Waals surface area contributed by atoms with Gasteiger partial charge in [-0.2, -0.15) is 0 Å². The zero-order valence-electron chi connectivity index (χ0n) is 8.45. The van der Waals surface area contributed by atoms with E-state index in [0.29, 0.717) is 26.8 Å². The number of hydrogen-bond donors (Lipinski definition) is 1. The molecule has 0 aliphatic rings. The second-order valence-electron chi connectivity index (χ2n) is 3.23. The number of nitrogen functional groups attached to an aromatic ring is 1. The number of aromatic nitrogens is 1. The molecule has 0 aliphatic heterocycles. The Morgan fingerprint density at radius 1 is 1.24 bits per heavy atom. The van der Waals surface area contributed by atoms with Crippen molar-refractivity contribution in [1.82, 2.24) is 4.98 Å². The Morgan fingerprint density at radius 2 is 2.00 bits per heavy atom. The van der Waals surface area contributed by atoms with Gasteiger partial charge in [0.1, 0.15) is 5.75 Å². The van der Waals surface area contributed by atoms with Gasteiger partial charge in [-0.1, -0.05) is 27.5 Å². The van der Waals surface area contributed by atoms with E-state index in [-0.39, 0.29) is 0 Å². The minimum absolute atomic E-state index is 0.420. The molecule has 0 saturated carbocycles. The minimum Gasteiger partial charge on any atom is -0.436 e. The maximum absolute atomic E-state index is 6.04. The first-order valence-electron chi connectivity index (χ1n) is 4.60. The summed E-state index contributed by atoms with van der Waals surface area (Å²) in [6.45, 7) is 0. The van der Waals surface area contributed by atoms with Crippen molar-refractivity contribution in [2.24, 2.45) is 0 Å². The minimum atomic E-state index is 0.420. The second-order valence-corrected chi connectivity index (χ2v) is 5.41. The lowest BCUT2D eigenvalue weighted by atomic mass is 10.3. The van der Waals surface area contributed by atoms with Crippen molar-refractivity contribution < 1.29 is 4.74 Å². The van der Waals surface area contributed by atoms with E-state index in [9.17, 15) is 0 Å². The third-order valence-electron chi connectivity index (χ3n) is 1.93. The molecule has 0 spiro atoms. The second kappa shape index (κ2) is 5.25. The molecule has 2 rings (SSSR count). The van der Waals surface area contributed by atoms with Gasteiger partial charge in [0.15, 0.2) is 0 Å². The Morgan fingerprint density at radius 3 is 2.65 bits per heavy atom. The Bertz CT molecular complexity index is 514. The Labute approximate surface area is 120 Å². The predicted molar refractivity (Wildman–Crippen MR) is 75.6 cm³/mol. The fraction of sp³-hybridized carbons (Fsp3) is 0. The van der Waals surface area contributed by atoms with Crippen LogP contribution in [-0.4, -0.2) is 4.98 Å². The smallest absolute Gasteiger partial charge is 0.233 e. The molecular weight excluding hydrogens is 371 g/mol. The first-order chi connectivity index (χ1) is 8.06. The summed E-state index contributed by atoms with van der Waals surface area (Å²) in [7, 11) is 0. The van der Waals surface area contributed by atoms with Crippen LogP contribution in [-0.2, 0) is 0 Å². The molecule has 0 fully saturated rings. The van der Waals surface area contributed by atoms with Crippen LogP contribution in [0.1, 0.15) is 0 Å². The van der Waals surface area contributed by atoms with Crippen LogP contribution in [0.4, 0.5) is 5.69 Å². The maximum atomic E-state index is 6.04. The van der Waals surface area contributed by atoms with Gasteiger partial charge in [0.05, 0.1) is 21.4 Å². The highest BCUT2D eigenvalue weighted by atomic mass is 79.9. The van der Waals surface area contributed by atoms with Crippen LogP contribution in [0.15, 0.2) is 39.4 Å². The average molecular weight is 378 g/mol. The molecule has 6 heteroatoms. The van der Waals surface area contributed by atoms with Crippen LogP contribution in [0.2, 0.25) is 5.02 Å². The van der Waals surface area contributed by atoms with Gasteiger partial charge in [0.2, 0.25) is 5.88 Å². The molecule has 2 aromatic rings. The van der Waals surface area contributed by atoms with Gasteiger partial charge in [-0.15, -0.1) is 0 Å². The van der Waals surface area contributed by atoms with Gasteiger partial charge in [-0.3, -0.25) is 0 Å². The van der Waals surface area contributed by atoms with Crippen LogP contribution in [0.5, 0.6) is 11.6 Å². The van der Waals surface area contributed by atoms with Crippen LogP contribution >= 0.6 is 43.5 Å². The maximum Gasteiger partial charge on any atom is 0.233 e. The van der Waals surface area contributed by atoms with E-state index in [4.69, 9.17) is 22.1 Å². The lowest BCUT2D eigenvalue weighted by Crippen LogP contribution is -1.92. The molecule has 0 saturated heterocycles. The number of ether oxygens (including phenoxy) is 1. The fourth-order valence-electron chi connectivity index (χ4n) is 1.18. The molecular formula is C11H7Br2ClN2O. The molecule has 88 valence electrons. The molecule has 1 aromatic carbocycles. The standard InChI is InChI=1S/C11H7Br2ClN2O/c12-6-1-2-10(9(14)3-6)17-11-8(13)4-7(15)5-16-11/h1-5H,15H2. The van der Waals surface area contributed by atoms with Gasteiger partial charge in [0.25, 0.3) is 0 Å². The highest BCUT2D eigenvalue weighted by Gasteiger charge is 2.08. The number of rotatable bonds is 2. The van der Waals surface area contributed by atoms with E-state index in [1.165, 1.54) is 6.20 Å². The normalized spacial score (nSPS) is 10.3. The first kappa shape index (κ1) is 12.7. The largest absolute Gasteiger partial charge is 0.436 e. The van der Waals surface area contributed by atoms with Gasteiger partial charge in [-0.25, -0.2) is 4.98 Å². The molecule has 0 bridgehead atoms. The first-order valence-corrected chi connectivity index (χ1v) is 6.56. The molecule has 1 aromatic heterocycles. The quantitative estimate of drug-likeness (QED) is 0.829. The third-order valence-corrected chi connectivity index (χ3v) is 3.29. The number of anilines is 1. The van der Waals surface area contributed by atoms with E-state index >= 15 is 0 Å². The molecule has 3 nitrogen and oxygen atoms in total. The summed E-state index contributed by atoms with van der Waals surface area (Å²) in [5.41, 5.74) is 6.15. The predicted octanol–water partition coefficient (Wildman–Crippen LogP) is 4.63. The summed E-state index contributed by atoms with van der Waals surface area (Å²) in [4.78, 5) is 4.07. The van der Waals surface area contributed by atoms with Gasteiger partial charge < -0.3 is 10.5 Å². The van der Waals surface area contributed by atoms with Crippen LogP contribution < -0.4 is 10.5 Å². The molecule has 1 heterocycles. The molecule has 0 aliphatic carbocycles. The van der Waals surface area contributed by atoms with Crippen molar-refractivity contribution in [2.75, 3.05) is 5.73 Å². The highest BCUT2D eigenvalue weighted by molar-refractivity contribution is 9.10. The summed E-state index contributed by atoms with van der Waals surface area (Å²) in [5, 5.41) is 0.505. The van der Waals surface area contributed by atoms with Crippen molar-refractivity contribution in [3.8, 4) is 11.6 Å². The van der Waals surface area contributed by atoms with Crippen LogP contribution in [0.25, 0.3) is 0 Å². The number of halogens is 3. The SMILES string of the molecule is Nc1cnc(Oc2ccc(Br)cc2Cl)c(Br)c1. The number of benzene rings is 1. The topological polar surface area (TPSA) is 48.1 Å². The van der Waals surface area contributed by atoms with Gasteiger partial charge in [-0.05, 0) is 40.2 Å². The molecule has 0 unspecified atom stereocenters. The summed E-state index contributed by atoms with van der Waals surface area (Å²) in [6.07, 6.45) is 1.52. The lowest BCUT2D eigenvalue weighted by molar-refractivity contribution is 0.460. The van der Waals surface area contributed by atoms with Crippen molar-refractivity contribution in [1.29, 1.82) is 0 Å². The molecule has 0 radical (unpaired) electrons. The van der Waals surface area contributed by atoms with Crippen molar-refractivity contribution in [3.63, 3.8) is 0 Å². The Balaban J connectivity index is 2.31. The van der Waals surface area contributed by atoms with E-state index in [0.717, 1.165) is 4.47 Å². The van der Waals surface area contributed by atoms with Gasteiger partial charge in [0, 0.05) is 4.47 Å². The molecule has 0 amide bonds. The van der Waals surface area contributed by atoms with Gasteiger partial charge >= 0.3 is 0 Å². The van der Waals surface area contributed by atoms with Crippen molar-refractivity contribution in [2.45, 2.75) is 0 Å². The summed E-state index contributed by atoms with van der Waals surface area (Å²) < 4.78 is 7.15. The summed E-state index contributed by atoms with van der Waals surface area (Å²) in [6, 6.07) is 7.07. The van der Waals surface area contributed by atoms with Crippen LogP contribution in [0.3, 0.4) is 0 Å². The van der Waals surface area contributed by atoms with E-state index in [1.54, 1.807) is 18.2 Å². The zero-order chi connectivity index (χ0) is 12.4. The average Bonchev–Trinajstić information content (AvgIpc) is 2.25. The number of nitrogens with two attached hydrogens (primary N) is 1. The lowest BCUT2D eigenvalue weighted by Gasteiger charge is -2.08.